The maximum Gasteiger partial charge on any atom is 0.341 e. The molecule has 0 bridgehead atoms. The standard InChI is InChI=1S/C18H13F3N2O3S2/c1-9-4-11(2-3-14(9)26-7-16(24)25)27-8-15-22-23-18(28-15)10-5-12(19)17(21)13(20)6-10/h2-6H,7-8H2,1H3,(H,24,25). The molecule has 1 N–H and O–H groups in total. The number of aryl methyl sites for hydroxylation is 1. The molecule has 0 saturated heterocycles. The lowest BCUT2D eigenvalue weighted by molar-refractivity contribution is -0.139. The highest BCUT2D eigenvalue weighted by Gasteiger charge is 2.15. The Hall–Kier alpha value is -2.59. The van der Waals surface area contributed by atoms with Crippen LogP contribution >= 0.6 is 23.1 Å². The molecule has 10 heteroatoms. The molecule has 28 heavy (non-hydrogen) atoms. The summed E-state index contributed by atoms with van der Waals surface area (Å²) in [7, 11) is 0. The number of hydrogen-bond acceptors (Lipinski definition) is 6. The van der Waals surface area contributed by atoms with Crippen LogP contribution in [0.3, 0.4) is 0 Å². The van der Waals surface area contributed by atoms with Gasteiger partial charge in [-0.2, -0.15) is 0 Å². The molecule has 5 nitrogen and oxygen atoms in total. The van der Waals surface area contributed by atoms with Gasteiger partial charge in [-0.05, 0) is 42.8 Å². The fourth-order valence-electron chi connectivity index (χ4n) is 2.27. The first-order valence-electron chi connectivity index (χ1n) is 7.89. The largest absolute Gasteiger partial charge is 0.482 e. The highest BCUT2D eigenvalue weighted by Crippen LogP contribution is 2.31. The zero-order valence-corrected chi connectivity index (χ0v) is 16.0. The van der Waals surface area contributed by atoms with Gasteiger partial charge in [0, 0.05) is 10.5 Å². The van der Waals surface area contributed by atoms with Crippen molar-refractivity contribution in [3.63, 3.8) is 0 Å². The molecule has 3 rings (SSSR count). The van der Waals surface area contributed by atoms with E-state index in [1.54, 1.807) is 12.1 Å². The smallest absolute Gasteiger partial charge is 0.341 e. The minimum absolute atomic E-state index is 0.126. The molecule has 0 radical (unpaired) electrons. The van der Waals surface area contributed by atoms with Crippen molar-refractivity contribution in [2.45, 2.75) is 17.6 Å². The number of hydrogen-bond donors (Lipinski definition) is 1. The van der Waals surface area contributed by atoms with Crippen LogP contribution in [-0.4, -0.2) is 27.9 Å². The van der Waals surface area contributed by atoms with E-state index in [1.807, 2.05) is 13.0 Å². The van der Waals surface area contributed by atoms with Crippen molar-refractivity contribution in [3.8, 4) is 16.3 Å². The van der Waals surface area contributed by atoms with Gasteiger partial charge in [0.25, 0.3) is 0 Å². The Labute approximate surface area is 166 Å². The Morgan fingerprint density at radius 1 is 1.18 bits per heavy atom. The lowest BCUT2D eigenvalue weighted by Gasteiger charge is -2.08. The third kappa shape index (κ3) is 4.82. The monoisotopic (exact) mass is 426 g/mol. The van der Waals surface area contributed by atoms with Crippen molar-refractivity contribution in [3.05, 3.63) is 58.4 Å². The third-order valence-corrected chi connectivity index (χ3v) is 5.72. The van der Waals surface area contributed by atoms with Gasteiger partial charge in [0.05, 0.1) is 5.75 Å². The molecule has 2 aromatic carbocycles. The summed E-state index contributed by atoms with van der Waals surface area (Å²) in [6, 6.07) is 7.11. The number of carbonyl (C=O) groups is 1. The maximum absolute atomic E-state index is 13.4. The first-order chi connectivity index (χ1) is 13.3. The van der Waals surface area contributed by atoms with Crippen LogP contribution in [0, 0.1) is 24.4 Å². The van der Waals surface area contributed by atoms with Crippen LogP contribution in [0.5, 0.6) is 5.75 Å². The molecule has 3 aromatic rings. The van der Waals surface area contributed by atoms with Gasteiger partial charge >= 0.3 is 5.97 Å². The molecule has 0 saturated carbocycles. The summed E-state index contributed by atoms with van der Waals surface area (Å²) in [5.41, 5.74) is 0.919. The summed E-state index contributed by atoms with van der Waals surface area (Å²) in [5, 5.41) is 17.5. The summed E-state index contributed by atoms with van der Waals surface area (Å²) in [5.74, 6) is -4.16. The fraction of sp³-hybridized carbons (Fsp3) is 0.167. The fourth-order valence-corrected chi connectivity index (χ4v) is 4.07. The Kier molecular flexibility index (Phi) is 6.20. The highest BCUT2D eigenvalue weighted by molar-refractivity contribution is 7.98. The zero-order chi connectivity index (χ0) is 20.3. The maximum atomic E-state index is 13.4. The molecule has 1 heterocycles. The molecule has 146 valence electrons. The van der Waals surface area contributed by atoms with Gasteiger partial charge in [0.1, 0.15) is 15.8 Å². The molecular weight excluding hydrogens is 413 g/mol. The quantitative estimate of drug-likeness (QED) is 0.437. The summed E-state index contributed by atoms with van der Waals surface area (Å²) in [6.45, 7) is 1.40. The van der Waals surface area contributed by atoms with E-state index >= 15 is 0 Å². The number of rotatable bonds is 7. The van der Waals surface area contributed by atoms with E-state index in [4.69, 9.17) is 9.84 Å². The van der Waals surface area contributed by atoms with E-state index < -0.39 is 30.0 Å². The second kappa shape index (κ2) is 8.61. The number of carboxylic acid groups (broad SMARTS) is 1. The Balaban J connectivity index is 1.66. The summed E-state index contributed by atoms with van der Waals surface area (Å²) < 4.78 is 45.0. The molecule has 0 amide bonds. The predicted molar refractivity (Wildman–Crippen MR) is 99.1 cm³/mol. The molecule has 1 aromatic heterocycles. The lowest BCUT2D eigenvalue weighted by Crippen LogP contribution is -2.09. The van der Waals surface area contributed by atoms with Crippen molar-refractivity contribution in [1.29, 1.82) is 0 Å². The van der Waals surface area contributed by atoms with Gasteiger partial charge in [-0.1, -0.05) is 11.3 Å². The highest BCUT2D eigenvalue weighted by atomic mass is 32.2. The summed E-state index contributed by atoms with van der Waals surface area (Å²) >= 11 is 2.62. The summed E-state index contributed by atoms with van der Waals surface area (Å²) in [4.78, 5) is 11.5. The van der Waals surface area contributed by atoms with Crippen LogP contribution in [0.2, 0.25) is 0 Å². The lowest BCUT2D eigenvalue weighted by atomic mass is 10.2. The molecule has 0 aliphatic heterocycles. The number of benzene rings is 2. The molecule has 0 atom stereocenters. The third-order valence-electron chi connectivity index (χ3n) is 3.56. The number of aliphatic carboxylic acids is 1. The first kappa shape index (κ1) is 20.2. The van der Waals surface area contributed by atoms with Crippen LogP contribution in [0.25, 0.3) is 10.6 Å². The van der Waals surface area contributed by atoms with Crippen LogP contribution < -0.4 is 4.74 Å². The van der Waals surface area contributed by atoms with E-state index in [0.717, 1.165) is 33.9 Å². The molecule has 0 aliphatic rings. The van der Waals surface area contributed by atoms with Gasteiger partial charge in [-0.15, -0.1) is 22.0 Å². The average molecular weight is 426 g/mol. The van der Waals surface area contributed by atoms with E-state index in [-0.39, 0.29) is 5.56 Å². The van der Waals surface area contributed by atoms with Crippen LogP contribution in [-0.2, 0) is 10.5 Å². The van der Waals surface area contributed by atoms with E-state index in [2.05, 4.69) is 10.2 Å². The number of halogens is 3. The first-order valence-corrected chi connectivity index (χ1v) is 9.69. The topological polar surface area (TPSA) is 72.3 Å². The number of ether oxygens (including phenoxy) is 1. The van der Waals surface area contributed by atoms with Gasteiger partial charge < -0.3 is 9.84 Å². The van der Waals surface area contributed by atoms with Crippen LogP contribution in [0.4, 0.5) is 13.2 Å². The molecule has 0 aliphatic carbocycles. The Morgan fingerprint density at radius 2 is 1.89 bits per heavy atom. The van der Waals surface area contributed by atoms with Gasteiger partial charge in [-0.25, -0.2) is 18.0 Å². The van der Waals surface area contributed by atoms with Gasteiger partial charge in [0.2, 0.25) is 0 Å². The van der Waals surface area contributed by atoms with E-state index in [1.165, 1.54) is 11.8 Å². The molecule has 0 spiro atoms. The summed E-state index contributed by atoms with van der Waals surface area (Å²) in [6.07, 6.45) is 0. The number of aromatic nitrogens is 2. The Bertz CT molecular complexity index is 1000. The minimum atomic E-state index is -1.52. The molecular formula is C18H13F3N2O3S2. The number of thioether (sulfide) groups is 1. The number of carboxylic acids is 1. The molecule has 0 unspecified atom stereocenters. The van der Waals surface area contributed by atoms with Crippen LogP contribution in [0.1, 0.15) is 10.6 Å². The van der Waals surface area contributed by atoms with E-state index in [0.29, 0.717) is 21.5 Å². The van der Waals surface area contributed by atoms with E-state index in [9.17, 15) is 18.0 Å². The second-order valence-electron chi connectivity index (χ2n) is 5.65. The number of nitrogens with zero attached hydrogens (tertiary/aromatic N) is 2. The minimum Gasteiger partial charge on any atom is -0.482 e. The van der Waals surface area contributed by atoms with Gasteiger partial charge in [-0.3, -0.25) is 0 Å². The average Bonchev–Trinajstić information content (AvgIpc) is 3.12. The van der Waals surface area contributed by atoms with Crippen molar-refractivity contribution in [2.24, 2.45) is 0 Å². The zero-order valence-electron chi connectivity index (χ0n) is 14.4. The van der Waals surface area contributed by atoms with Crippen molar-refractivity contribution in [1.82, 2.24) is 10.2 Å². The predicted octanol–water partition coefficient (Wildman–Crippen LogP) is 4.69. The SMILES string of the molecule is Cc1cc(SCc2nnc(-c3cc(F)c(F)c(F)c3)s2)ccc1OCC(=O)O. The molecule has 0 fully saturated rings. The second-order valence-corrected chi connectivity index (χ2v) is 7.76. The van der Waals surface area contributed by atoms with Crippen molar-refractivity contribution in [2.75, 3.05) is 6.61 Å². The Morgan fingerprint density at radius 3 is 2.54 bits per heavy atom. The van der Waals surface area contributed by atoms with Crippen molar-refractivity contribution >= 4 is 29.1 Å². The normalized spacial score (nSPS) is 10.9. The van der Waals surface area contributed by atoms with Gasteiger partial charge in [0.15, 0.2) is 24.1 Å². The van der Waals surface area contributed by atoms with Crippen LogP contribution in [0.15, 0.2) is 35.2 Å². The van der Waals surface area contributed by atoms with Crippen molar-refractivity contribution < 1.29 is 27.8 Å².